The van der Waals surface area contributed by atoms with Crippen molar-refractivity contribution in [3.63, 3.8) is 0 Å². The number of rotatable bonds is 1. The molecule has 4 rings (SSSR count). The second kappa shape index (κ2) is 4.60. The Kier molecular flexibility index (Phi) is 2.83. The van der Waals surface area contributed by atoms with Gasteiger partial charge in [-0.2, -0.15) is 0 Å². The molecule has 1 aliphatic carbocycles. The summed E-state index contributed by atoms with van der Waals surface area (Å²) in [4.78, 5) is 11.4. The molecule has 0 bridgehead atoms. The highest BCUT2D eigenvalue weighted by Gasteiger charge is 2.37. The van der Waals surface area contributed by atoms with E-state index in [1.165, 1.54) is 0 Å². The van der Waals surface area contributed by atoms with Gasteiger partial charge in [-0.05, 0) is 58.8 Å². The molecule has 0 heterocycles. The maximum Gasteiger partial charge on any atom is 0.335 e. The number of carboxylic acid groups (broad SMARTS) is 1. The number of hydrogen-bond acceptors (Lipinski definition) is 2. The average Bonchev–Trinajstić information content (AvgIpc) is 2.75. The third-order valence-corrected chi connectivity index (χ3v) is 5.15. The SMILES string of the molecule is Cc1ccc2c3c(cc(O)c2c1)C(C)(C)c1ccc(C(=O)O)cc1-3. The number of aromatic hydroxyl groups is 1. The van der Waals surface area contributed by atoms with Crippen LogP contribution in [0.2, 0.25) is 0 Å². The highest BCUT2D eigenvalue weighted by Crippen LogP contribution is 2.53. The van der Waals surface area contributed by atoms with Gasteiger partial charge >= 0.3 is 5.97 Å². The van der Waals surface area contributed by atoms with Crippen molar-refractivity contribution in [2.75, 3.05) is 0 Å². The normalized spacial score (nSPS) is 14.5. The third kappa shape index (κ3) is 1.81. The fraction of sp³-hybridized carbons (Fsp3) is 0.190. The number of carboxylic acids is 1. The molecule has 3 aromatic carbocycles. The smallest absolute Gasteiger partial charge is 0.335 e. The molecule has 0 fully saturated rings. The first-order valence-corrected chi connectivity index (χ1v) is 7.95. The minimum absolute atomic E-state index is 0.270. The summed E-state index contributed by atoms with van der Waals surface area (Å²) in [6, 6.07) is 13.1. The molecule has 0 atom stereocenters. The van der Waals surface area contributed by atoms with E-state index < -0.39 is 5.97 Å². The molecule has 3 heteroatoms. The predicted octanol–water partition coefficient (Wildman–Crippen LogP) is 4.86. The van der Waals surface area contributed by atoms with E-state index in [1.807, 2.05) is 37.3 Å². The molecule has 0 spiro atoms. The molecular formula is C21H18O3. The maximum absolute atomic E-state index is 11.4. The second-order valence-corrected chi connectivity index (χ2v) is 7.06. The summed E-state index contributed by atoms with van der Waals surface area (Å²) in [7, 11) is 0. The van der Waals surface area contributed by atoms with E-state index in [1.54, 1.807) is 12.1 Å². The number of aryl methyl sites for hydroxylation is 1. The summed E-state index contributed by atoms with van der Waals surface area (Å²) in [5, 5.41) is 21.6. The van der Waals surface area contributed by atoms with Gasteiger partial charge in [-0.3, -0.25) is 0 Å². The van der Waals surface area contributed by atoms with Crippen LogP contribution in [-0.4, -0.2) is 16.2 Å². The van der Waals surface area contributed by atoms with Crippen molar-refractivity contribution in [3.8, 4) is 16.9 Å². The van der Waals surface area contributed by atoms with Gasteiger partial charge in [0.05, 0.1) is 5.56 Å². The van der Waals surface area contributed by atoms with Crippen LogP contribution in [0, 0.1) is 6.92 Å². The standard InChI is InChI=1S/C21H18O3/c1-11-4-6-13-14(8-11)18(22)10-17-19(13)15-9-12(20(23)24)5-7-16(15)21(17,2)3/h4-10,22H,1-3H3,(H,23,24). The first-order valence-electron chi connectivity index (χ1n) is 7.95. The van der Waals surface area contributed by atoms with E-state index in [9.17, 15) is 15.0 Å². The van der Waals surface area contributed by atoms with Crippen molar-refractivity contribution in [1.82, 2.24) is 0 Å². The molecule has 120 valence electrons. The zero-order chi connectivity index (χ0) is 17.2. The molecule has 0 unspecified atom stereocenters. The summed E-state index contributed by atoms with van der Waals surface area (Å²) in [5.41, 5.74) is 5.19. The Balaban J connectivity index is 2.17. The molecule has 24 heavy (non-hydrogen) atoms. The van der Waals surface area contributed by atoms with E-state index in [0.717, 1.165) is 38.6 Å². The number of benzene rings is 3. The van der Waals surface area contributed by atoms with Crippen LogP contribution >= 0.6 is 0 Å². The number of hydrogen-bond donors (Lipinski definition) is 2. The van der Waals surface area contributed by atoms with Crippen LogP contribution in [0.5, 0.6) is 5.75 Å². The lowest BCUT2D eigenvalue weighted by Gasteiger charge is -2.22. The number of fused-ring (bicyclic) bond motifs is 5. The second-order valence-electron chi connectivity index (χ2n) is 7.06. The van der Waals surface area contributed by atoms with Crippen molar-refractivity contribution in [2.24, 2.45) is 0 Å². The quantitative estimate of drug-likeness (QED) is 0.674. The largest absolute Gasteiger partial charge is 0.507 e. The van der Waals surface area contributed by atoms with Crippen LogP contribution in [0.25, 0.3) is 21.9 Å². The lowest BCUT2D eigenvalue weighted by atomic mass is 9.81. The van der Waals surface area contributed by atoms with Crippen LogP contribution < -0.4 is 0 Å². The Morgan fingerprint density at radius 1 is 0.958 bits per heavy atom. The van der Waals surface area contributed by atoms with Gasteiger partial charge in [-0.1, -0.05) is 37.6 Å². The summed E-state index contributed by atoms with van der Waals surface area (Å²) in [6.07, 6.45) is 0. The molecule has 0 aliphatic heterocycles. The van der Waals surface area contributed by atoms with E-state index in [-0.39, 0.29) is 16.7 Å². The first-order chi connectivity index (χ1) is 11.3. The van der Waals surface area contributed by atoms with Crippen LogP contribution in [-0.2, 0) is 5.41 Å². The molecule has 0 aromatic heterocycles. The minimum atomic E-state index is -0.928. The van der Waals surface area contributed by atoms with Crippen LogP contribution in [0.15, 0.2) is 42.5 Å². The van der Waals surface area contributed by atoms with Gasteiger partial charge in [0.2, 0.25) is 0 Å². The summed E-state index contributed by atoms with van der Waals surface area (Å²) in [5.74, 6) is -0.658. The highest BCUT2D eigenvalue weighted by molar-refractivity contribution is 6.06. The Hall–Kier alpha value is -2.81. The van der Waals surface area contributed by atoms with Crippen LogP contribution in [0.4, 0.5) is 0 Å². The lowest BCUT2D eigenvalue weighted by Crippen LogP contribution is -2.15. The van der Waals surface area contributed by atoms with Crippen molar-refractivity contribution >= 4 is 16.7 Å². The molecule has 0 radical (unpaired) electrons. The zero-order valence-electron chi connectivity index (χ0n) is 13.8. The number of aromatic carboxylic acids is 1. The molecule has 3 aromatic rings. The van der Waals surface area contributed by atoms with Crippen LogP contribution in [0.3, 0.4) is 0 Å². The van der Waals surface area contributed by atoms with Gasteiger partial charge in [0, 0.05) is 10.8 Å². The predicted molar refractivity (Wildman–Crippen MR) is 94.9 cm³/mol. The molecular weight excluding hydrogens is 300 g/mol. The Bertz CT molecular complexity index is 1030. The molecule has 0 saturated carbocycles. The fourth-order valence-electron chi connectivity index (χ4n) is 3.88. The molecule has 0 amide bonds. The Labute approximate surface area is 140 Å². The van der Waals surface area contributed by atoms with E-state index in [4.69, 9.17) is 0 Å². The van der Waals surface area contributed by atoms with Crippen molar-refractivity contribution in [2.45, 2.75) is 26.2 Å². The molecule has 0 saturated heterocycles. The third-order valence-electron chi connectivity index (χ3n) is 5.15. The van der Waals surface area contributed by atoms with Crippen LogP contribution in [0.1, 0.15) is 40.9 Å². The van der Waals surface area contributed by atoms with Gasteiger partial charge in [0.1, 0.15) is 5.75 Å². The van der Waals surface area contributed by atoms with E-state index in [0.29, 0.717) is 0 Å². The summed E-state index contributed by atoms with van der Waals surface area (Å²) < 4.78 is 0. The van der Waals surface area contributed by atoms with Gasteiger partial charge in [0.25, 0.3) is 0 Å². The van der Waals surface area contributed by atoms with Gasteiger partial charge in [0.15, 0.2) is 0 Å². The van der Waals surface area contributed by atoms with Gasteiger partial charge < -0.3 is 10.2 Å². The van der Waals surface area contributed by atoms with Crippen molar-refractivity contribution < 1.29 is 15.0 Å². The fourth-order valence-corrected chi connectivity index (χ4v) is 3.88. The Morgan fingerprint density at radius 3 is 2.42 bits per heavy atom. The average molecular weight is 318 g/mol. The van der Waals surface area contributed by atoms with Crippen molar-refractivity contribution in [1.29, 1.82) is 0 Å². The monoisotopic (exact) mass is 318 g/mol. The maximum atomic E-state index is 11.4. The number of phenolic OH excluding ortho intramolecular Hbond substituents is 1. The number of carbonyl (C=O) groups is 1. The topological polar surface area (TPSA) is 57.5 Å². The summed E-state index contributed by atoms with van der Waals surface area (Å²) >= 11 is 0. The zero-order valence-corrected chi connectivity index (χ0v) is 13.8. The molecule has 3 nitrogen and oxygen atoms in total. The Morgan fingerprint density at radius 2 is 1.71 bits per heavy atom. The highest BCUT2D eigenvalue weighted by atomic mass is 16.4. The van der Waals surface area contributed by atoms with Gasteiger partial charge in [-0.15, -0.1) is 0 Å². The van der Waals surface area contributed by atoms with E-state index in [2.05, 4.69) is 13.8 Å². The minimum Gasteiger partial charge on any atom is -0.507 e. The molecule has 2 N–H and O–H groups in total. The lowest BCUT2D eigenvalue weighted by molar-refractivity contribution is 0.0697. The molecule has 1 aliphatic rings. The first kappa shape index (κ1) is 14.8. The van der Waals surface area contributed by atoms with Crippen molar-refractivity contribution in [3.05, 3.63) is 64.7 Å². The summed E-state index contributed by atoms with van der Waals surface area (Å²) in [6.45, 7) is 6.21. The van der Waals surface area contributed by atoms with Gasteiger partial charge in [-0.25, -0.2) is 4.79 Å². The number of phenols is 1. The van der Waals surface area contributed by atoms with E-state index >= 15 is 0 Å².